The van der Waals surface area contributed by atoms with Crippen molar-refractivity contribution in [1.82, 2.24) is 24.6 Å². The van der Waals surface area contributed by atoms with Crippen molar-refractivity contribution < 1.29 is 9.53 Å². The Morgan fingerprint density at radius 1 is 1.09 bits per heavy atom. The number of nitrogens with zero attached hydrogens (tertiary/aromatic N) is 5. The van der Waals surface area contributed by atoms with Crippen LogP contribution in [0.4, 0.5) is 5.82 Å². The molecule has 34 heavy (non-hydrogen) atoms. The van der Waals surface area contributed by atoms with E-state index in [2.05, 4.69) is 25.9 Å². The normalized spacial score (nSPS) is 16.3. The Kier molecular flexibility index (Phi) is 6.27. The van der Waals surface area contributed by atoms with Crippen LogP contribution >= 0.6 is 15.9 Å². The molecule has 172 valence electrons. The van der Waals surface area contributed by atoms with Crippen LogP contribution in [0.25, 0.3) is 22.3 Å². The van der Waals surface area contributed by atoms with Crippen LogP contribution < -0.4 is 10.5 Å². The fourth-order valence-corrected chi connectivity index (χ4v) is 4.50. The summed E-state index contributed by atoms with van der Waals surface area (Å²) < 4.78 is 7.81. The van der Waals surface area contributed by atoms with Crippen molar-refractivity contribution in [3.05, 3.63) is 72.0 Å². The zero-order chi connectivity index (χ0) is 23.5. The minimum absolute atomic E-state index is 0.00679. The third kappa shape index (κ3) is 4.38. The molecule has 0 radical (unpaired) electrons. The zero-order valence-corrected chi connectivity index (χ0v) is 19.9. The monoisotopic (exact) mass is 518 g/mol. The van der Waals surface area contributed by atoms with Crippen molar-refractivity contribution >= 4 is 38.7 Å². The van der Waals surface area contributed by atoms with E-state index < -0.39 is 0 Å². The Hall–Kier alpha value is -3.72. The number of ether oxygens (including phenoxy) is 1. The zero-order valence-electron chi connectivity index (χ0n) is 18.3. The van der Waals surface area contributed by atoms with E-state index in [0.717, 1.165) is 36.4 Å². The summed E-state index contributed by atoms with van der Waals surface area (Å²) in [7, 11) is 0. The minimum Gasteiger partial charge on any atom is -0.457 e. The minimum atomic E-state index is -0.0265. The maximum Gasteiger partial charge on any atom is 0.247 e. The molecule has 2 aromatic heterocycles. The number of carbonyl (C=O) groups excluding carboxylic acids is 1. The molecular formula is C25H23BrN6O2. The smallest absolute Gasteiger partial charge is 0.247 e. The number of hydrogen-bond acceptors (Lipinski definition) is 6. The van der Waals surface area contributed by atoms with E-state index in [1.54, 1.807) is 4.99 Å². The van der Waals surface area contributed by atoms with Crippen molar-refractivity contribution in [1.29, 1.82) is 0 Å². The van der Waals surface area contributed by atoms with Crippen LogP contribution in [-0.2, 0) is 4.79 Å². The first-order chi connectivity index (χ1) is 16.6. The number of piperidine rings is 1. The topological polar surface area (TPSA) is 99.2 Å². The van der Waals surface area contributed by atoms with Crippen LogP contribution in [0.3, 0.4) is 0 Å². The summed E-state index contributed by atoms with van der Waals surface area (Å²) in [5.74, 6) is 1.85. The highest BCUT2D eigenvalue weighted by atomic mass is 79.9. The van der Waals surface area contributed by atoms with Crippen molar-refractivity contribution in [3.63, 3.8) is 0 Å². The van der Waals surface area contributed by atoms with Crippen LogP contribution in [0, 0.1) is 0 Å². The first-order valence-corrected chi connectivity index (χ1v) is 11.9. The van der Waals surface area contributed by atoms with E-state index in [9.17, 15) is 4.79 Å². The predicted octanol–water partition coefficient (Wildman–Crippen LogP) is 4.94. The highest BCUT2D eigenvalue weighted by Crippen LogP contribution is 2.34. The van der Waals surface area contributed by atoms with Crippen molar-refractivity contribution in [2.24, 2.45) is 0 Å². The van der Waals surface area contributed by atoms with Gasteiger partial charge in [-0.3, -0.25) is 4.79 Å². The lowest BCUT2D eigenvalue weighted by Crippen LogP contribution is -2.40. The second kappa shape index (κ2) is 9.64. The highest BCUT2D eigenvalue weighted by Gasteiger charge is 2.28. The van der Waals surface area contributed by atoms with Crippen molar-refractivity contribution in [2.45, 2.75) is 18.9 Å². The van der Waals surface area contributed by atoms with Crippen LogP contribution in [0.1, 0.15) is 18.9 Å². The Morgan fingerprint density at radius 3 is 2.62 bits per heavy atom. The maximum absolute atomic E-state index is 12.4. The highest BCUT2D eigenvalue weighted by molar-refractivity contribution is 9.11. The van der Waals surface area contributed by atoms with Gasteiger partial charge >= 0.3 is 0 Å². The SMILES string of the molecule is Nc1ncnc2c1c(-c1ccc(Oc3ccccc3)cc1)nn2[C@@H]1CCCN(C(=O)/C=C/Br)C1. The average Bonchev–Trinajstić information content (AvgIpc) is 3.26. The summed E-state index contributed by atoms with van der Waals surface area (Å²) in [6.45, 7) is 1.28. The molecule has 4 aromatic rings. The number of nitrogen functional groups attached to an aromatic ring is 1. The van der Waals surface area contributed by atoms with Gasteiger partial charge in [0.15, 0.2) is 5.65 Å². The Balaban J connectivity index is 1.49. The van der Waals surface area contributed by atoms with Gasteiger partial charge in [0.1, 0.15) is 29.3 Å². The van der Waals surface area contributed by atoms with E-state index >= 15 is 0 Å². The summed E-state index contributed by atoms with van der Waals surface area (Å²) in [4.78, 5) is 24.5. The molecule has 0 spiro atoms. The third-order valence-corrected chi connectivity index (χ3v) is 6.15. The van der Waals surface area contributed by atoms with E-state index in [1.165, 1.54) is 12.4 Å². The lowest BCUT2D eigenvalue weighted by atomic mass is 10.1. The largest absolute Gasteiger partial charge is 0.457 e. The molecule has 1 aliphatic rings. The van der Waals surface area contributed by atoms with Gasteiger partial charge in [-0.15, -0.1) is 0 Å². The second-order valence-corrected chi connectivity index (χ2v) is 8.59. The molecule has 8 nitrogen and oxygen atoms in total. The number of likely N-dealkylation sites (tertiary alicyclic amines) is 1. The second-order valence-electron chi connectivity index (χ2n) is 8.06. The molecule has 0 unspecified atom stereocenters. The van der Waals surface area contributed by atoms with E-state index in [0.29, 0.717) is 29.1 Å². The van der Waals surface area contributed by atoms with Crippen molar-refractivity contribution in [3.8, 4) is 22.8 Å². The number of halogens is 1. The number of hydrogen-bond donors (Lipinski definition) is 1. The van der Waals surface area contributed by atoms with Gasteiger partial charge in [-0.25, -0.2) is 14.6 Å². The molecule has 1 aliphatic heterocycles. The number of para-hydroxylation sites is 1. The van der Waals surface area contributed by atoms with Crippen LogP contribution in [0.2, 0.25) is 0 Å². The van der Waals surface area contributed by atoms with E-state index in [4.69, 9.17) is 15.6 Å². The molecule has 2 aromatic carbocycles. The van der Waals surface area contributed by atoms with E-state index in [-0.39, 0.29) is 11.9 Å². The van der Waals surface area contributed by atoms with Gasteiger partial charge in [-0.2, -0.15) is 5.10 Å². The first kappa shape index (κ1) is 22.1. The fourth-order valence-electron chi connectivity index (χ4n) is 4.27. The summed E-state index contributed by atoms with van der Waals surface area (Å²) in [5.41, 5.74) is 8.54. The van der Waals surface area contributed by atoms with E-state index in [1.807, 2.05) is 64.2 Å². The van der Waals surface area contributed by atoms with Crippen LogP contribution in [0.15, 0.2) is 72.0 Å². The molecule has 0 saturated carbocycles. The molecule has 1 amide bonds. The van der Waals surface area contributed by atoms with Gasteiger partial charge in [0.05, 0.1) is 11.4 Å². The standard InChI is InChI=1S/C25H23BrN6O2/c26-13-12-21(33)31-14-4-5-18(15-31)32-25-22(24(27)28-16-29-25)23(30-32)17-8-10-20(11-9-17)34-19-6-2-1-3-7-19/h1-3,6-13,16,18H,4-5,14-15H2,(H2,27,28,29)/b13-12+/t18-/m1/s1. The summed E-state index contributed by atoms with van der Waals surface area (Å²) in [6.07, 6.45) is 4.76. The average molecular weight is 519 g/mol. The molecule has 2 N–H and O–H groups in total. The van der Waals surface area contributed by atoms with Crippen LogP contribution in [-0.4, -0.2) is 43.6 Å². The van der Waals surface area contributed by atoms with Gasteiger partial charge < -0.3 is 15.4 Å². The number of carbonyl (C=O) groups is 1. The molecule has 3 heterocycles. The number of nitrogens with two attached hydrogens (primary N) is 1. The summed E-state index contributed by atoms with van der Waals surface area (Å²) >= 11 is 3.18. The summed E-state index contributed by atoms with van der Waals surface area (Å²) in [6, 6.07) is 17.3. The first-order valence-electron chi connectivity index (χ1n) is 11.0. The molecule has 0 aliphatic carbocycles. The summed E-state index contributed by atoms with van der Waals surface area (Å²) in [5, 5.41) is 5.64. The molecule has 5 rings (SSSR count). The lowest BCUT2D eigenvalue weighted by Gasteiger charge is -2.32. The number of rotatable bonds is 5. The quantitative estimate of drug-likeness (QED) is 0.375. The number of anilines is 1. The third-order valence-electron chi connectivity index (χ3n) is 5.88. The Labute approximate surface area is 205 Å². The number of amides is 1. The predicted molar refractivity (Wildman–Crippen MR) is 135 cm³/mol. The van der Waals surface area contributed by atoms with Crippen molar-refractivity contribution in [2.75, 3.05) is 18.8 Å². The number of benzene rings is 2. The fraction of sp³-hybridized carbons (Fsp3) is 0.200. The van der Waals surface area contributed by atoms with Gasteiger partial charge in [-0.1, -0.05) is 34.1 Å². The molecule has 1 saturated heterocycles. The molecule has 9 heteroatoms. The van der Waals surface area contributed by atoms with Gasteiger partial charge in [0, 0.05) is 24.7 Å². The van der Waals surface area contributed by atoms with Crippen LogP contribution in [0.5, 0.6) is 11.5 Å². The Bertz CT molecular complexity index is 1340. The lowest BCUT2D eigenvalue weighted by molar-refractivity contribution is -0.127. The molecule has 1 atom stereocenters. The van der Waals surface area contributed by atoms with Gasteiger partial charge in [-0.05, 0) is 54.2 Å². The van der Waals surface area contributed by atoms with Gasteiger partial charge in [0.25, 0.3) is 0 Å². The number of fused-ring (bicyclic) bond motifs is 1. The molecule has 1 fully saturated rings. The van der Waals surface area contributed by atoms with Gasteiger partial charge in [0.2, 0.25) is 5.91 Å². The number of aromatic nitrogens is 4. The Morgan fingerprint density at radius 2 is 1.85 bits per heavy atom. The maximum atomic E-state index is 12.4. The molecular weight excluding hydrogens is 496 g/mol. The molecule has 0 bridgehead atoms.